The van der Waals surface area contributed by atoms with Crippen LogP contribution in [0.2, 0.25) is 0 Å². The van der Waals surface area contributed by atoms with E-state index in [0.717, 1.165) is 9.37 Å². The van der Waals surface area contributed by atoms with Crippen LogP contribution >= 0.6 is 27.7 Å². The maximum absolute atomic E-state index is 12.2. The third-order valence-electron chi connectivity index (χ3n) is 3.64. The summed E-state index contributed by atoms with van der Waals surface area (Å²) < 4.78 is 0.939. The number of halogens is 1. The molecule has 0 aliphatic rings. The smallest absolute Gasteiger partial charge is 0.233 e. The molecule has 8 heteroatoms. The molecule has 0 heterocycles. The third kappa shape index (κ3) is 7.74. The highest BCUT2D eigenvalue weighted by molar-refractivity contribution is 9.10. The van der Waals surface area contributed by atoms with E-state index < -0.39 is 0 Å². The molecular weight excluding hydrogens is 442 g/mol. The summed E-state index contributed by atoms with van der Waals surface area (Å²) in [6, 6.07) is 14.6. The molecule has 3 amide bonds. The number of benzene rings is 2. The third-order valence-corrected chi connectivity index (χ3v) is 5.28. The number of carbonyl (C=O) groups excluding carboxylic acids is 3. The molecule has 1 unspecified atom stereocenters. The number of nitrogens with one attached hydrogen (secondary N) is 3. The average molecular weight is 464 g/mol. The van der Waals surface area contributed by atoms with Crippen molar-refractivity contribution < 1.29 is 14.4 Å². The van der Waals surface area contributed by atoms with Crippen LogP contribution in [0, 0.1) is 0 Å². The van der Waals surface area contributed by atoms with E-state index in [2.05, 4.69) is 31.9 Å². The first-order valence-electron chi connectivity index (χ1n) is 8.71. The van der Waals surface area contributed by atoms with E-state index in [9.17, 15) is 14.4 Å². The van der Waals surface area contributed by atoms with Gasteiger partial charge in [-0.05, 0) is 55.5 Å². The lowest BCUT2D eigenvalue weighted by Crippen LogP contribution is -2.33. The topological polar surface area (TPSA) is 87.3 Å². The van der Waals surface area contributed by atoms with Crippen LogP contribution in [0.15, 0.2) is 57.9 Å². The average Bonchev–Trinajstić information content (AvgIpc) is 2.64. The van der Waals surface area contributed by atoms with Gasteiger partial charge in [0.05, 0.1) is 5.25 Å². The van der Waals surface area contributed by atoms with Crippen LogP contribution in [0.3, 0.4) is 0 Å². The predicted molar refractivity (Wildman–Crippen MR) is 116 cm³/mol. The van der Waals surface area contributed by atoms with E-state index in [-0.39, 0.29) is 35.9 Å². The molecule has 0 saturated heterocycles. The monoisotopic (exact) mass is 463 g/mol. The Kier molecular flexibility index (Phi) is 8.53. The Morgan fingerprint density at radius 3 is 2.14 bits per heavy atom. The van der Waals surface area contributed by atoms with Crippen molar-refractivity contribution in [3.8, 4) is 0 Å². The van der Waals surface area contributed by atoms with E-state index in [1.807, 2.05) is 31.2 Å². The molecule has 2 aromatic carbocycles. The normalized spacial score (nSPS) is 11.4. The van der Waals surface area contributed by atoms with Gasteiger partial charge in [-0.2, -0.15) is 0 Å². The van der Waals surface area contributed by atoms with Crippen LogP contribution in [0.4, 0.5) is 11.4 Å². The summed E-state index contributed by atoms with van der Waals surface area (Å²) in [5.41, 5.74) is 1.43. The quantitative estimate of drug-likeness (QED) is 0.515. The molecule has 0 spiro atoms. The van der Waals surface area contributed by atoms with Crippen LogP contribution in [-0.4, -0.2) is 29.5 Å². The number of hydrogen-bond acceptors (Lipinski definition) is 4. The van der Waals surface area contributed by atoms with Gasteiger partial charge >= 0.3 is 0 Å². The van der Waals surface area contributed by atoms with E-state index in [1.54, 1.807) is 24.3 Å². The van der Waals surface area contributed by atoms with Crippen molar-refractivity contribution >= 4 is 56.8 Å². The van der Waals surface area contributed by atoms with E-state index >= 15 is 0 Å². The lowest BCUT2D eigenvalue weighted by atomic mass is 10.3. The minimum absolute atomic E-state index is 0.127. The van der Waals surface area contributed by atoms with Gasteiger partial charge < -0.3 is 16.0 Å². The molecule has 0 fully saturated rings. The van der Waals surface area contributed by atoms with Crippen LogP contribution in [-0.2, 0) is 14.4 Å². The number of hydrogen-bond donors (Lipinski definition) is 3. The first kappa shape index (κ1) is 22.0. The van der Waals surface area contributed by atoms with Gasteiger partial charge in [0.15, 0.2) is 0 Å². The molecule has 2 aromatic rings. The van der Waals surface area contributed by atoms with Gasteiger partial charge in [0.2, 0.25) is 17.7 Å². The minimum Gasteiger partial charge on any atom is -0.355 e. The second-order valence-corrected chi connectivity index (χ2v) is 8.39. The molecule has 1 atom stereocenters. The zero-order chi connectivity index (χ0) is 20.5. The van der Waals surface area contributed by atoms with Crippen molar-refractivity contribution in [1.82, 2.24) is 5.32 Å². The molecule has 0 aliphatic heterocycles. The van der Waals surface area contributed by atoms with Gasteiger partial charge in [-0.15, -0.1) is 11.8 Å². The summed E-state index contributed by atoms with van der Waals surface area (Å²) in [4.78, 5) is 36.1. The van der Waals surface area contributed by atoms with Gasteiger partial charge in [0.25, 0.3) is 0 Å². The molecule has 3 N–H and O–H groups in total. The van der Waals surface area contributed by atoms with Crippen molar-refractivity contribution in [3.05, 3.63) is 53.0 Å². The second-order valence-electron chi connectivity index (χ2n) is 6.06. The van der Waals surface area contributed by atoms with Gasteiger partial charge in [0.1, 0.15) is 0 Å². The molecule has 6 nitrogen and oxygen atoms in total. The first-order chi connectivity index (χ1) is 13.3. The Balaban J connectivity index is 1.72. The lowest BCUT2D eigenvalue weighted by Gasteiger charge is -2.12. The van der Waals surface area contributed by atoms with Gasteiger partial charge in [-0.1, -0.05) is 15.9 Å². The molecule has 0 radical (unpaired) electrons. The molecule has 2 rings (SSSR count). The number of thioether (sulfide) groups is 1. The molecule has 28 heavy (non-hydrogen) atoms. The molecular formula is C20H22BrN3O3S. The number of anilines is 2. The van der Waals surface area contributed by atoms with Crippen molar-refractivity contribution in [1.29, 1.82) is 0 Å². The van der Waals surface area contributed by atoms with E-state index in [4.69, 9.17) is 0 Å². The van der Waals surface area contributed by atoms with E-state index in [1.165, 1.54) is 18.7 Å². The molecule has 148 valence electrons. The standard InChI is InChI=1S/C20H22BrN3O3S/c1-13(28-18-9-7-16(8-10-18)23-14(2)25)20(27)22-12-11-19(26)24-17-5-3-15(21)4-6-17/h3-10,13H,11-12H2,1-2H3,(H,22,27)(H,23,25)(H,24,26). The summed E-state index contributed by atoms with van der Waals surface area (Å²) in [6.07, 6.45) is 0.199. The van der Waals surface area contributed by atoms with E-state index in [0.29, 0.717) is 11.4 Å². The highest BCUT2D eigenvalue weighted by Gasteiger charge is 2.14. The fourth-order valence-electron chi connectivity index (χ4n) is 2.28. The Morgan fingerprint density at radius 2 is 1.54 bits per heavy atom. The van der Waals surface area contributed by atoms with Crippen molar-refractivity contribution in [3.63, 3.8) is 0 Å². The molecule has 0 saturated carbocycles. The lowest BCUT2D eigenvalue weighted by molar-refractivity contribution is -0.120. The predicted octanol–water partition coefficient (Wildman–Crippen LogP) is 4.03. The first-order valence-corrected chi connectivity index (χ1v) is 10.4. The Labute approximate surface area is 177 Å². The van der Waals surface area contributed by atoms with Crippen molar-refractivity contribution in [2.75, 3.05) is 17.2 Å². The number of amides is 3. The van der Waals surface area contributed by atoms with Crippen LogP contribution < -0.4 is 16.0 Å². The van der Waals surface area contributed by atoms with Crippen molar-refractivity contribution in [2.45, 2.75) is 30.4 Å². The van der Waals surface area contributed by atoms with Crippen LogP contribution in [0.1, 0.15) is 20.3 Å². The second kappa shape index (κ2) is 10.9. The molecule has 0 aromatic heterocycles. The van der Waals surface area contributed by atoms with Crippen LogP contribution in [0.5, 0.6) is 0 Å². The SMILES string of the molecule is CC(=O)Nc1ccc(SC(C)C(=O)NCCC(=O)Nc2ccc(Br)cc2)cc1. The number of carbonyl (C=O) groups is 3. The molecule has 0 bridgehead atoms. The summed E-state index contributed by atoms with van der Waals surface area (Å²) in [7, 11) is 0. The molecule has 0 aliphatic carbocycles. The zero-order valence-electron chi connectivity index (χ0n) is 15.6. The highest BCUT2D eigenvalue weighted by atomic mass is 79.9. The maximum atomic E-state index is 12.2. The van der Waals surface area contributed by atoms with Crippen LogP contribution in [0.25, 0.3) is 0 Å². The zero-order valence-corrected chi connectivity index (χ0v) is 18.0. The minimum atomic E-state index is -0.304. The summed E-state index contributed by atoms with van der Waals surface area (Å²) >= 11 is 4.75. The highest BCUT2D eigenvalue weighted by Crippen LogP contribution is 2.24. The van der Waals surface area contributed by atoms with Gasteiger partial charge in [-0.25, -0.2) is 0 Å². The summed E-state index contributed by atoms with van der Waals surface area (Å²) in [5, 5.41) is 7.96. The van der Waals surface area contributed by atoms with Crippen molar-refractivity contribution in [2.24, 2.45) is 0 Å². The van der Waals surface area contributed by atoms with Gasteiger partial charge in [0, 0.05) is 40.6 Å². The largest absolute Gasteiger partial charge is 0.355 e. The fourth-order valence-corrected chi connectivity index (χ4v) is 3.43. The summed E-state index contributed by atoms with van der Waals surface area (Å²) in [5.74, 6) is -0.416. The Hall–Kier alpha value is -2.32. The Bertz CT molecular complexity index is 826. The number of rotatable bonds is 8. The Morgan fingerprint density at radius 1 is 0.964 bits per heavy atom. The fraction of sp³-hybridized carbons (Fsp3) is 0.250. The maximum Gasteiger partial charge on any atom is 0.233 e. The summed E-state index contributed by atoms with van der Waals surface area (Å²) in [6.45, 7) is 3.53. The van der Waals surface area contributed by atoms with Gasteiger partial charge in [-0.3, -0.25) is 14.4 Å².